The fourth-order valence-corrected chi connectivity index (χ4v) is 3.98. The van der Waals surface area contributed by atoms with Gasteiger partial charge in [-0.25, -0.2) is 0 Å². The molecule has 98 valence electrons. The molecular weight excluding hydrogens is 258 g/mol. The molecule has 2 fully saturated rings. The second kappa shape index (κ2) is 4.28. The largest absolute Gasteiger partial charge is 0.346 e. The highest BCUT2D eigenvalue weighted by Crippen LogP contribution is 2.28. The molecule has 2 saturated heterocycles. The van der Waals surface area contributed by atoms with Gasteiger partial charge in [-0.05, 0) is 36.1 Å². The molecule has 19 heavy (non-hydrogen) atoms. The van der Waals surface area contributed by atoms with Crippen molar-refractivity contribution in [2.45, 2.75) is 37.4 Å². The molecule has 2 aromatic heterocycles. The first-order valence-corrected chi connectivity index (χ1v) is 7.63. The summed E-state index contributed by atoms with van der Waals surface area (Å²) in [6.07, 6.45) is 5.25. The highest BCUT2D eigenvalue weighted by molar-refractivity contribution is 7.09. The minimum absolute atomic E-state index is 0.0487. The van der Waals surface area contributed by atoms with Gasteiger partial charge < -0.3 is 10.6 Å². The lowest BCUT2D eigenvalue weighted by atomic mass is 9.95. The lowest BCUT2D eigenvalue weighted by Crippen LogP contribution is -2.43. The van der Waals surface area contributed by atoms with Gasteiger partial charge >= 0.3 is 0 Å². The predicted molar refractivity (Wildman–Crippen MR) is 75.4 cm³/mol. The van der Waals surface area contributed by atoms with E-state index < -0.39 is 0 Å². The van der Waals surface area contributed by atoms with Crippen LogP contribution in [-0.2, 0) is 0 Å². The Kier molecular flexibility index (Phi) is 2.56. The summed E-state index contributed by atoms with van der Waals surface area (Å²) in [6, 6.07) is 3.20. The Morgan fingerprint density at radius 2 is 2.26 bits per heavy atom. The van der Waals surface area contributed by atoms with Crippen LogP contribution in [0.1, 0.15) is 29.8 Å². The van der Waals surface area contributed by atoms with Gasteiger partial charge in [-0.2, -0.15) is 11.3 Å². The number of nitrogens with one attached hydrogen (secondary N) is 2. The molecule has 4 heterocycles. The first-order valence-electron chi connectivity index (χ1n) is 6.68. The maximum atomic E-state index is 12.2. The molecule has 4 rings (SSSR count). The van der Waals surface area contributed by atoms with Crippen molar-refractivity contribution < 1.29 is 4.79 Å². The van der Waals surface area contributed by atoms with Gasteiger partial charge in [-0.3, -0.25) is 9.78 Å². The average molecular weight is 273 g/mol. The maximum absolute atomic E-state index is 12.2. The Morgan fingerprint density at radius 1 is 1.37 bits per heavy atom. The number of rotatable bonds is 2. The highest BCUT2D eigenvalue weighted by atomic mass is 32.1. The van der Waals surface area contributed by atoms with E-state index in [2.05, 4.69) is 15.6 Å². The van der Waals surface area contributed by atoms with E-state index in [0.29, 0.717) is 17.8 Å². The third-order valence-corrected chi connectivity index (χ3v) is 4.99. The molecule has 4 nitrogen and oxygen atoms in total. The molecule has 0 radical (unpaired) electrons. The van der Waals surface area contributed by atoms with E-state index in [1.54, 1.807) is 17.5 Å². The summed E-state index contributed by atoms with van der Waals surface area (Å²) in [5, 5.41) is 12.9. The molecule has 2 aliphatic heterocycles. The van der Waals surface area contributed by atoms with Gasteiger partial charge in [0.1, 0.15) is 5.69 Å². The van der Waals surface area contributed by atoms with E-state index in [9.17, 15) is 4.79 Å². The summed E-state index contributed by atoms with van der Waals surface area (Å²) >= 11 is 1.63. The zero-order chi connectivity index (χ0) is 12.8. The van der Waals surface area contributed by atoms with Gasteiger partial charge in [0.05, 0.1) is 0 Å². The van der Waals surface area contributed by atoms with E-state index in [-0.39, 0.29) is 11.9 Å². The number of pyridine rings is 1. The lowest BCUT2D eigenvalue weighted by molar-refractivity contribution is 0.0926. The Morgan fingerprint density at radius 3 is 3.05 bits per heavy atom. The average Bonchev–Trinajstić information content (AvgIpc) is 3.13. The van der Waals surface area contributed by atoms with Crippen molar-refractivity contribution in [3.63, 3.8) is 0 Å². The van der Waals surface area contributed by atoms with Crippen LogP contribution in [0.25, 0.3) is 10.8 Å². The topological polar surface area (TPSA) is 54.0 Å². The van der Waals surface area contributed by atoms with Crippen LogP contribution >= 0.6 is 11.3 Å². The van der Waals surface area contributed by atoms with Gasteiger partial charge in [-0.1, -0.05) is 0 Å². The smallest absolute Gasteiger partial charge is 0.270 e. The quantitative estimate of drug-likeness (QED) is 0.879. The molecule has 2 N–H and O–H groups in total. The van der Waals surface area contributed by atoms with E-state index in [0.717, 1.165) is 17.2 Å². The minimum Gasteiger partial charge on any atom is -0.346 e. The van der Waals surface area contributed by atoms with Crippen LogP contribution in [0, 0.1) is 0 Å². The van der Waals surface area contributed by atoms with E-state index in [1.807, 2.05) is 16.8 Å². The van der Waals surface area contributed by atoms with E-state index in [4.69, 9.17) is 0 Å². The van der Waals surface area contributed by atoms with Crippen molar-refractivity contribution >= 4 is 28.0 Å². The third-order valence-electron chi connectivity index (χ3n) is 4.21. The van der Waals surface area contributed by atoms with E-state index >= 15 is 0 Å². The highest BCUT2D eigenvalue weighted by Gasteiger charge is 2.39. The first-order chi connectivity index (χ1) is 9.29. The van der Waals surface area contributed by atoms with Crippen LogP contribution in [0.4, 0.5) is 0 Å². The van der Waals surface area contributed by atoms with Crippen LogP contribution in [0.3, 0.4) is 0 Å². The number of thiophene rings is 1. The van der Waals surface area contributed by atoms with Gasteiger partial charge in [-0.15, -0.1) is 0 Å². The molecule has 1 amide bonds. The number of fused-ring (bicyclic) bond motifs is 3. The molecule has 0 aromatic carbocycles. The van der Waals surface area contributed by atoms with E-state index in [1.165, 1.54) is 12.8 Å². The van der Waals surface area contributed by atoms with Gasteiger partial charge in [0.25, 0.3) is 5.91 Å². The number of hydrogen-bond donors (Lipinski definition) is 2. The van der Waals surface area contributed by atoms with Crippen LogP contribution < -0.4 is 10.6 Å². The second-order valence-electron chi connectivity index (χ2n) is 5.43. The molecule has 0 aliphatic carbocycles. The molecule has 2 bridgehead atoms. The maximum Gasteiger partial charge on any atom is 0.270 e. The number of carbonyl (C=O) groups is 1. The number of amides is 1. The Balaban J connectivity index is 1.53. The fraction of sp³-hybridized carbons (Fsp3) is 0.429. The third kappa shape index (κ3) is 1.93. The van der Waals surface area contributed by atoms with Gasteiger partial charge in [0.2, 0.25) is 0 Å². The molecule has 3 atom stereocenters. The van der Waals surface area contributed by atoms with Crippen molar-refractivity contribution in [3.8, 4) is 0 Å². The zero-order valence-electron chi connectivity index (χ0n) is 10.4. The molecule has 0 unspecified atom stereocenters. The predicted octanol–water partition coefficient (Wildman–Crippen LogP) is 1.92. The number of hydrogen-bond acceptors (Lipinski definition) is 4. The Bertz CT molecular complexity index is 638. The number of carbonyl (C=O) groups excluding carboxylic acids is 1. The zero-order valence-corrected chi connectivity index (χ0v) is 11.2. The standard InChI is InChI=1S/C14H15N3OS/c18-14(17-12-4-10-1-2-11(12)16-10)13-3-8-6-19-7-9(8)5-15-13/h3,5-7,10-12,16H,1-2,4H2,(H,17,18)/t10-,11+,12-/m1/s1. The summed E-state index contributed by atoms with van der Waals surface area (Å²) < 4.78 is 0. The molecule has 0 spiro atoms. The summed E-state index contributed by atoms with van der Waals surface area (Å²) in [5.74, 6) is -0.0487. The van der Waals surface area contributed by atoms with Crippen molar-refractivity contribution in [2.75, 3.05) is 0 Å². The van der Waals surface area contributed by atoms with Crippen molar-refractivity contribution in [2.24, 2.45) is 0 Å². The van der Waals surface area contributed by atoms with Gasteiger partial charge in [0.15, 0.2) is 0 Å². The SMILES string of the molecule is O=C(N[C@@H]1C[C@H]2CC[C@@H]1N2)c1cc2cscc2cn1. The van der Waals surface area contributed by atoms with Crippen LogP contribution in [-0.4, -0.2) is 29.0 Å². The molecule has 5 heteroatoms. The van der Waals surface area contributed by atoms with Crippen molar-refractivity contribution in [3.05, 3.63) is 28.7 Å². The second-order valence-corrected chi connectivity index (χ2v) is 6.18. The van der Waals surface area contributed by atoms with Crippen molar-refractivity contribution in [1.29, 1.82) is 0 Å². The number of nitrogens with zero attached hydrogens (tertiary/aromatic N) is 1. The Hall–Kier alpha value is -1.46. The monoisotopic (exact) mass is 273 g/mol. The number of aromatic nitrogens is 1. The lowest BCUT2D eigenvalue weighted by Gasteiger charge is -2.21. The summed E-state index contributed by atoms with van der Waals surface area (Å²) in [4.78, 5) is 16.5. The summed E-state index contributed by atoms with van der Waals surface area (Å²) in [6.45, 7) is 0. The minimum atomic E-state index is -0.0487. The fourth-order valence-electron chi connectivity index (χ4n) is 3.21. The van der Waals surface area contributed by atoms with Crippen LogP contribution in [0.2, 0.25) is 0 Å². The van der Waals surface area contributed by atoms with Crippen LogP contribution in [0.15, 0.2) is 23.0 Å². The molecule has 0 saturated carbocycles. The molecule has 2 aliphatic rings. The summed E-state index contributed by atoms with van der Waals surface area (Å²) in [5.41, 5.74) is 0.522. The molecular formula is C14H15N3OS. The summed E-state index contributed by atoms with van der Waals surface area (Å²) in [7, 11) is 0. The normalized spacial score (nSPS) is 28.9. The van der Waals surface area contributed by atoms with Crippen LogP contribution in [0.5, 0.6) is 0 Å². The first kappa shape index (κ1) is 11.4. The van der Waals surface area contributed by atoms with Gasteiger partial charge in [0, 0.05) is 35.1 Å². The Labute approximate surface area is 115 Å². The molecule has 2 aromatic rings. The van der Waals surface area contributed by atoms with Crippen molar-refractivity contribution in [1.82, 2.24) is 15.6 Å².